The first-order chi connectivity index (χ1) is 15.5. The summed E-state index contributed by atoms with van der Waals surface area (Å²) in [6.45, 7) is 0.208. The Bertz CT molecular complexity index is 1340. The molecule has 0 saturated carbocycles. The number of hydrogen-bond acceptors (Lipinski definition) is 5. The van der Waals surface area contributed by atoms with Crippen LogP contribution in [-0.2, 0) is 7.05 Å². The van der Waals surface area contributed by atoms with E-state index in [-0.39, 0.29) is 18.1 Å². The van der Waals surface area contributed by atoms with E-state index in [0.29, 0.717) is 22.9 Å². The largest absolute Gasteiger partial charge is 0.509 e. The zero-order chi connectivity index (χ0) is 22.2. The fourth-order valence-corrected chi connectivity index (χ4v) is 3.88. The predicted molar refractivity (Wildman–Crippen MR) is 125 cm³/mol. The zero-order valence-electron chi connectivity index (χ0n) is 17.7. The fourth-order valence-electron chi connectivity index (χ4n) is 3.88. The molecule has 7 nitrogen and oxygen atoms in total. The molecule has 0 bridgehead atoms. The van der Waals surface area contributed by atoms with Crippen LogP contribution in [0, 0.1) is 5.41 Å². The Hall–Kier alpha value is -4.26. The second kappa shape index (κ2) is 7.77. The van der Waals surface area contributed by atoms with Gasteiger partial charge in [-0.15, -0.1) is 0 Å². The number of rotatable bonds is 5. The van der Waals surface area contributed by atoms with Crippen LogP contribution in [0.4, 0.5) is 5.69 Å². The topological polar surface area (TPSA) is 83.6 Å². The monoisotopic (exact) mass is 426 g/mol. The minimum atomic E-state index is 0.116. The number of ether oxygens (including phenoxy) is 2. The average Bonchev–Trinajstić information content (AvgIpc) is 3.29. The van der Waals surface area contributed by atoms with E-state index in [1.54, 1.807) is 12.0 Å². The molecular weight excluding hydrogens is 404 g/mol. The number of nitrogens with zero attached hydrogens (tertiary/aromatic N) is 3. The van der Waals surface area contributed by atoms with Gasteiger partial charge in [0.1, 0.15) is 34.7 Å². The van der Waals surface area contributed by atoms with Gasteiger partial charge in [0.15, 0.2) is 0 Å². The van der Waals surface area contributed by atoms with Crippen molar-refractivity contribution in [2.45, 2.75) is 0 Å². The summed E-state index contributed by atoms with van der Waals surface area (Å²) in [4.78, 5) is 6.42. The van der Waals surface area contributed by atoms with E-state index in [0.717, 1.165) is 22.5 Å². The van der Waals surface area contributed by atoms with Gasteiger partial charge in [0.2, 0.25) is 0 Å². The van der Waals surface area contributed by atoms with Crippen LogP contribution in [0.15, 0.2) is 78.6 Å². The maximum atomic E-state index is 10.7. The van der Waals surface area contributed by atoms with Crippen LogP contribution in [0.5, 0.6) is 17.2 Å². The van der Waals surface area contributed by atoms with Gasteiger partial charge < -0.3 is 24.0 Å². The molecule has 0 spiro atoms. The van der Waals surface area contributed by atoms with Crippen molar-refractivity contribution in [1.82, 2.24) is 9.55 Å². The number of aryl methyl sites for hydroxylation is 1. The standard InChI is InChI=1S/C25H22N4O3/c1-28-21-13-12-19(31-2)14-20(21)27-25(28)23-22(30)15-29(24(23)26)16-8-10-18(11-9-16)32-17-6-4-3-5-7-17/h3-14,26,30H,15H2,1-2H3. The van der Waals surface area contributed by atoms with Crippen molar-refractivity contribution in [1.29, 1.82) is 5.41 Å². The highest BCUT2D eigenvalue weighted by molar-refractivity contribution is 6.30. The van der Waals surface area contributed by atoms with Crippen LogP contribution in [0.3, 0.4) is 0 Å². The van der Waals surface area contributed by atoms with Gasteiger partial charge in [-0.1, -0.05) is 18.2 Å². The second-order valence-electron chi connectivity index (χ2n) is 7.51. The molecule has 0 amide bonds. The Kier molecular flexibility index (Phi) is 4.78. The highest BCUT2D eigenvalue weighted by atomic mass is 16.5. The molecule has 2 heterocycles. The number of hydrogen-bond donors (Lipinski definition) is 2. The molecule has 1 aliphatic rings. The van der Waals surface area contributed by atoms with Crippen molar-refractivity contribution in [3.8, 4) is 17.2 Å². The summed E-state index contributed by atoms with van der Waals surface area (Å²) < 4.78 is 13.0. The minimum Gasteiger partial charge on any atom is -0.509 e. The molecule has 1 aromatic heterocycles. The Morgan fingerprint density at radius 3 is 2.34 bits per heavy atom. The van der Waals surface area contributed by atoms with E-state index in [4.69, 9.17) is 14.9 Å². The molecular formula is C25H22N4O3. The van der Waals surface area contributed by atoms with E-state index < -0.39 is 0 Å². The summed E-state index contributed by atoms with van der Waals surface area (Å²) in [5.41, 5.74) is 2.86. The molecule has 7 heteroatoms. The van der Waals surface area contributed by atoms with Crippen LogP contribution in [-0.4, -0.2) is 34.1 Å². The van der Waals surface area contributed by atoms with Crippen molar-refractivity contribution in [2.75, 3.05) is 18.6 Å². The van der Waals surface area contributed by atoms with Gasteiger partial charge in [0.25, 0.3) is 0 Å². The lowest BCUT2D eigenvalue weighted by molar-refractivity contribution is 0.411. The Morgan fingerprint density at radius 2 is 1.62 bits per heavy atom. The Balaban J connectivity index is 1.41. The maximum absolute atomic E-state index is 10.7. The molecule has 1 aliphatic heterocycles. The number of imidazole rings is 1. The Labute approximate surface area is 185 Å². The summed E-state index contributed by atoms with van der Waals surface area (Å²) in [6, 6.07) is 22.7. The van der Waals surface area contributed by atoms with E-state index in [2.05, 4.69) is 4.98 Å². The van der Waals surface area contributed by atoms with Crippen LogP contribution >= 0.6 is 0 Å². The number of nitrogens with one attached hydrogen (secondary N) is 1. The van der Waals surface area contributed by atoms with Gasteiger partial charge in [-0.25, -0.2) is 4.98 Å². The minimum absolute atomic E-state index is 0.116. The maximum Gasteiger partial charge on any atom is 0.148 e. The fraction of sp³-hybridized carbons (Fsp3) is 0.120. The summed E-state index contributed by atoms with van der Waals surface area (Å²) in [5.74, 6) is 3.03. The first-order valence-corrected chi connectivity index (χ1v) is 10.2. The summed E-state index contributed by atoms with van der Waals surface area (Å²) >= 11 is 0. The number of benzene rings is 3. The smallest absolute Gasteiger partial charge is 0.148 e. The number of fused-ring (bicyclic) bond motifs is 1. The molecule has 0 unspecified atom stereocenters. The first-order valence-electron chi connectivity index (χ1n) is 10.2. The molecule has 0 aliphatic carbocycles. The molecule has 0 fully saturated rings. The van der Waals surface area contributed by atoms with Crippen LogP contribution in [0.1, 0.15) is 5.82 Å². The molecule has 0 radical (unpaired) electrons. The summed E-state index contributed by atoms with van der Waals surface area (Å²) in [6.07, 6.45) is 0. The van der Waals surface area contributed by atoms with E-state index in [1.807, 2.05) is 84.4 Å². The lowest BCUT2D eigenvalue weighted by Gasteiger charge is -2.19. The SMILES string of the molecule is COc1ccc2c(c1)nc(C1=C(O)CN(c3ccc(Oc4ccccc4)cc3)C1=N)n2C. The number of para-hydroxylation sites is 1. The molecule has 5 rings (SSSR count). The Morgan fingerprint density at radius 1 is 0.938 bits per heavy atom. The lowest BCUT2D eigenvalue weighted by Crippen LogP contribution is -2.26. The van der Waals surface area contributed by atoms with Gasteiger partial charge in [0.05, 0.1) is 30.3 Å². The van der Waals surface area contributed by atoms with Gasteiger partial charge >= 0.3 is 0 Å². The number of amidine groups is 1. The summed E-state index contributed by atoms with van der Waals surface area (Å²) in [5, 5.41) is 19.5. The number of aromatic nitrogens is 2. The van der Waals surface area contributed by atoms with Gasteiger partial charge in [0, 0.05) is 18.8 Å². The number of anilines is 1. The van der Waals surface area contributed by atoms with Crippen LogP contribution in [0.25, 0.3) is 16.6 Å². The second-order valence-corrected chi connectivity index (χ2v) is 7.51. The quantitative estimate of drug-likeness (QED) is 0.462. The average molecular weight is 426 g/mol. The third kappa shape index (κ3) is 3.33. The van der Waals surface area contributed by atoms with E-state index in [9.17, 15) is 5.11 Å². The predicted octanol–water partition coefficient (Wildman–Crippen LogP) is 5.14. The number of methoxy groups -OCH3 is 1. The molecule has 3 aromatic carbocycles. The first kappa shape index (κ1) is 19.7. The molecule has 4 aromatic rings. The van der Waals surface area contributed by atoms with E-state index >= 15 is 0 Å². The molecule has 0 saturated heterocycles. The molecule has 2 N–H and O–H groups in total. The lowest BCUT2D eigenvalue weighted by atomic mass is 10.2. The van der Waals surface area contributed by atoms with Crippen LogP contribution < -0.4 is 14.4 Å². The van der Waals surface area contributed by atoms with Crippen molar-refractivity contribution < 1.29 is 14.6 Å². The third-order valence-corrected chi connectivity index (χ3v) is 5.54. The normalized spacial score (nSPS) is 13.8. The van der Waals surface area contributed by atoms with E-state index in [1.165, 1.54) is 0 Å². The van der Waals surface area contributed by atoms with Crippen molar-refractivity contribution in [3.63, 3.8) is 0 Å². The highest BCUT2D eigenvalue weighted by Crippen LogP contribution is 2.33. The van der Waals surface area contributed by atoms with Gasteiger partial charge in [-0.05, 0) is 48.5 Å². The van der Waals surface area contributed by atoms with Crippen molar-refractivity contribution in [3.05, 3.63) is 84.4 Å². The molecule has 32 heavy (non-hydrogen) atoms. The van der Waals surface area contributed by atoms with Gasteiger partial charge in [-0.2, -0.15) is 0 Å². The van der Waals surface area contributed by atoms with Crippen LogP contribution in [0.2, 0.25) is 0 Å². The number of aliphatic hydroxyl groups is 1. The summed E-state index contributed by atoms with van der Waals surface area (Å²) in [7, 11) is 3.49. The van der Waals surface area contributed by atoms with Crippen molar-refractivity contribution in [2.24, 2.45) is 7.05 Å². The van der Waals surface area contributed by atoms with Gasteiger partial charge in [-0.3, -0.25) is 5.41 Å². The molecule has 160 valence electrons. The zero-order valence-corrected chi connectivity index (χ0v) is 17.7. The van der Waals surface area contributed by atoms with Crippen molar-refractivity contribution >= 4 is 28.1 Å². The number of aliphatic hydroxyl groups excluding tert-OH is 1. The highest BCUT2D eigenvalue weighted by Gasteiger charge is 2.32. The molecule has 0 atom stereocenters. The third-order valence-electron chi connectivity index (χ3n) is 5.54.